The molecule has 0 bridgehead atoms. The molecule has 0 saturated heterocycles. The lowest BCUT2D eigenvalue weighted by molar-refractivity contribution is 0.155. The summed E-state index contributed by atoms with van der Waals surface area (Å²) in [6.45, 7) is 2.32. The summed E-state index contributed by atoms with van der Waals surface area (Å²) in [5.41, 5.74) is 17.6. The number of hydrogen-bond acceptors (Lipinski definition) is 2. The van der Waals surface area contributed by atoms with Gasteiger partial charge in [-0.1, -0.05) is 69.7 Å². The fourth-order valence-corrected chi connectivity index (χ4v) is 6.69. The number of unbranched alkanes of at least 4 members (excludes halogenated alkanes) is 2. The first kappa shape index (κ1) is 24.2. The predicted octanol–water partition coefficient (Wildman–Crippen LogP) is 8.30. The van der Waals surface area contributed by atoms with Crippen molar-refractivity contribution in [3.63, 3.8) is 0 Å². The Labute approximate surface area is 202 Å². The molecule has 2 aliphatic rings. The van der Waals surface area contributed by atoms with Crippen LogP contribution in [0.25, 0.3) is 0 Å². The Hall–Kier alpha value is -1.96. The number of anilines is 2. The van der Waals surface area contributed by atoms with Crippen molar-refractivity contribution in [1.29, 1.82) is 0 Å². The van der Waals surface area contributed by atoms with Crippen molar-refractivity contribution < 1.29 is 0 Å². The van der Waals surface area contributed by atoms with Crippen LogP contribution in [-0.4, -0.2) is 0 Å². The van der Waals surface area contributed by atoms with Crippen LogP contribution < -0.4 is 11.5 Å². The fourth-order valence-electron chi connectivity index (χ4n) is 6.69. The molecular formula is C31H46N2. The van der Waals surface area contributed by atoms with Gasteiger partial charge in [0.05, 0.1) is 0 Å². The highest BCUT2D eigenvalue weighted by atomic mass is 14.6. The zero-order valence-electron chi connectivity index (χ0n) is 20.9. The molecule has 4 N–H and O–H groups in total. The molecule has 0 radical (unpaired) electrons. The third-order valence-corrected chi connectivity index (χ3v) is 8.74. The maximum Gasteiger partial charge on any atom is 0.0337 e. The minimum atomic E-state index is 0.760. The van der Waals surface area contributed by atoms with Gasteiger partial charge in [0.15, 0.2) is 0 Å². The molecule has 0 aliphatic heterocycles. The molecule has 0 amide bonds. The highest BCUT2D eigenvalue weighted by Crippen LogP contribution is 2.44. The van der Waals surface area contributed by atoms with Crippen molar-refractivity contribution >= 4 is 11.4 Å². The smallest absolute Gasteiger partial charge is 0.0337 e. The number of rotatable bonds is 9. The van der Waals surface area contributed by atoms with Crippen LogP contribution in [-0.2, 0) is 12.8 Å². The Morgan fingerprint density at radius 3 is 1.85 bits per heavy atom. The van der Waals surface area contributed by atoms with Crippen molar-refractivity contribution in [3.8, 4) is 0 Å². The summed E-state index contributed by atoms with van der Waals surface area (Å²) in [5.74, 6) is 3.84. The van der Waals surface area contributed by atoms with Crippen LogP contribution in [0, 0.1) is 17.8 Å². The SMILES string of the molecule is CCCCCC1CCC(C2CCC(c3ccc(CCc4cc(N)cc(N)c4)cc3)CC2)CC1. The van der Waals surface area contributed by atoms with Crippen molar-refractivity contribution in [2.45, 2.75) is 103 Å². The summed E-state index contributed by atoms with van der Waals surface area (Å²) in [4.78, 5) is 0. The molecule has 0 aromatic heterocycles. The van der Waals surface area contributed by atoms with Crippen LogP contribution in [0.5, 0.6) is 0 Å². The molecule has 2 aromatic rings. The van der Waals surface area contributed by atoms with Gasteiger partial charge in [0.1, 0.15) is 0 Å². The topological polar surface area (TPSA) is 52.0 Å². The molecule has 0 heterocycles. The quantitative estimate of drug-likeness (QED) is 0.300. The summed E-state index contributed by atoms with van der Waals surface area (Å²) < 4.78 is 0. The third kappa shape index (κ3) is 7.01. The highest BCUT2D eigenvalue weighted by molar-refractivity contribution is 5.54. The third-order valence-electron chi connectivity index (χ3n) is 8.74. The molecule has 2 aromatic carbocycles. The van der Waals surface area contributed by atoms with Crippen molar-refractivity contribution in [2.75, 3.05) is 11.5 Å². The average molecular weight is 447 g/mol. The Bertz CT molecular complexity index is 819. The lowest BCUT2D eigenvalue weighted by Crippen LogP contribution is -2.25. The molecule has 4 rings (SSSR count). The van der Waals surface area contributed by atoms with Gasteiger partial charge in [-0.3, -0.25) is 0 Å². The number of nitrogen functional groups attached to an aromatic ring is 2. The first-order valence-corrected chi connectivity index (χ1v) is 13.8. The van der Waals surface area contributed by atoms with E-state index in [0.29, 0.717) is 0 Å². The number of benzene rings is 2. The summed E-state index contributed by atoms with van der Waals surface area (Å²) >= 11 is 0. The van der Waals surface area contributed by atoms with Gasteiger partial charge in [0.2, 0.25) is 0 Å². The van der Waals surface area contributed by atoms with E-state index in [0.717, 1.165) is 47.9 Å². The molecular weight excluding hydrogens is 400 g/mol. The van der Waals surface area contributed by atoms with Crippen LogP contribution in [0.2, 0.25) is 0 Å². The second-order valence-electron chi connectivity index (χ2n) is 11.1. The van der Waals surface area contributed by atoms with Crippen molar-refractivity contribution in [2.24, 2.45) is 17.8 Å². The molecule has 33 heavy (non-hydrogen) atoms. The second-order valence-corrected chi connectivity index (χ2v) is 11.1. The van der Waals surface area contributed by atoms with E-state index in [4.69, 9.17) is 11.5 Å². The van der Waals surface area contributed by atoms with Crippen LogP contribution in [0.15, 0.2) is 42.5 Å². The van der Waals surface area contributed by atoms with Crippen molar-refractivity contribution in [1.82, 2.24) is 0 Å². The summed E-state index contributed by atoms with van der Waals surface area (Å²) in [5, 5.41) is 0. The summed E-state index contributed by atoms with van der Waals surface area (Å²) in [6, 6.07) is 15.4. The lowest BCUT2D eigenvalue weighted by Gasteiger charge is -2.38. The highest BCUT2D eigenvalue weighted by Gasteiger charge is 2.31. The maximum atomic E-state index is 5.94. The van der Waals surface area contributed by atoms with Crippen LogP contribution >= 0.6 is 0 Å². The monoisotopic (exact) mass is 446 g/mol. The van der Waals surface area contributed by atoms with Gasteiger partial charge < -0.3 is 11.5 Å². The Morgan fingerprint density at radius 1 is 0.667 bits per heavy atom. The van der Waals surface area contributed by atoms with Gasteiger partial charge in [-0.05, 0) is 110 Å². The Balaban J connectivity index is 1.20. The largest absolute Gasteiger partial charge is 0.399 e. The molecule has 0 spiro atoms. The number of aryl methyl sites for hydroxylation is 2. The Morgan fingerprint density at radius 2 is 1.24 bits per heavy atom. The van der Waals surface area contributed by atoms with E-state index in [-0.39, 0.29) is 0 Å². The van der Waals surface area contributed by atoms with Crippen LogP contribution in [0.1, 0.15) is 107 Å². The number of hydrogen-bond donors (Lipinski definition) is 2. The minimum absolute atomic E-state index is 0.760. The van der Waals surface area contributed by atoms with E-state index in [1.807, 2.05) is 18.2 Å². The summed E-state index contributed by atoms with van der Waals surface area (Å²) in [6.07, 6.45) is 19.5. The molecule has 2 heteroatoms. The molecule has 0 unspecified atom stereocenters. The normalized spacial score (nSPS) is 25.7. The molecule has 0 atom stereocenters. The standard InChI is InChI=1S/C31H46N2/c1-2-3-4-5-23-8-12-26(13-9-23)28-16-18-29(19-17-28)27-14-10-24(11-15-27)6-7-25-20-30(32)22-31(33)21-25/h10-11,14-15,20-23,26,28-29H,2-9,12-13,16-19,32-33H2,1H3. The summed E-state index contributed by atoms with van der Waals surface area (Å²) in [7, 11) is 0. The zero-order chi connectivity index (χ0) is 23.0. The van der Waals surface area contributed by atoms with E-state index in [2.05, 4.69) is 31.2 Å². The fraction of sp³-hybridized carbons (Fsp3) is 0.613. The van der Waals surface area contributed by atoms with Gasteiger partial charge in [0, 0.05) is 11.4 Å². The first-order chi connectivity index (χ1) is 16.1. The van der Waals surface area contributed by atoms with Gasteiger partial charge in [0.25, 0.3) is 0 Å². The molecule has 180 valence electrons. The molecule has 2 fully saturated rings. The van der Waals surface area contributed by atoms with E-state index < -0.39 is 0 Å². The maximum absolute atomic E-state index is 5.94. The van der Waals surface area contributed by atoms with E-state index in [9.17, 15) is 0 Å². The first-order valence-electron chi connectivity index (χ1n) is 13.8. The molecule has 2 aliphatic carbocycles. The number of nitrogens with two attached hydrogens (primary N) is 2. The van der Waals surface area contributed by atoms with Crippen LogP contribution in [0.4, 0.5) is 11.4 Å². The predicted molar refractivity (Wildman–Crippen MR) is 143 cm³/mol. The van der Waals surface area contributed by atoms with E-state index in [1.54, 1.807) is 5.56 Å². The average Bonchev–Trinajstić information content (AvgIpc) is 2.83. The van der Waals surface area contributed by atoms with E-state index in [1.165, 1.54) is 88.2 Å². The molecule has 2 saturated carbocycles. The van der Waals surface area contributed by atoms with E-state index >= 15 is 0 Å². The second kappa shape index (κ2) is 12.0. The van der Waals surface area contributed by atoms with Crippen LogP contribution in [0.3, 0.4) is 0 Å². The Kier molecular flexibility index (Phi) is 8.75. The van der Waals surface area contributed by atoms with Gasteiger partial charge in [-0.15, -0.1) is 0 Å². The van der Waals surface area contributed by atoms with Gasteiger partial charge in [-0.2, -0.15) is 0 Å². The van der Waals surface area contributed by atoms with Gasteiger partial charge >= 0.3 is 0 Å². The zero-order valence-corrected chi connectivity index (χ0v) is 20.9. The minimum Gasteiger partial charge on any atom is -0.399 e. The van der Waals surface area contributed by atoms with Crippen molar-refractivity contribution in [3.05, 3.63) is 59.2 Å². The lowest BCUT2D eigenvalue weighted by atomic mass is 9.68. The van der Waals surface area contributed by atoms with Gasteiger partial charge in [-0.25, -0.2) is 0 Å². The molecule has 2 nitrogen and oxygen atoms in total.